The van der Waals surface area contributed by atoms with Gasteiger partial charge in [0.05, 0.1) is 0 Å². The maximum Gasteiger partial charge on any atom is 0.407 e. The van der Waals surface area contributed by atoms with E-state index in [1.165, 1.54) is 4.90 Å². The van der Waals surface area contributed by atoms with Gasteiger partial charge in [0.2, 0.25) is 0 Å². The van der Waals surface area contributed by atoms with Gasteiger partial charge in [-0.2, -0.15) is 0 Å². The van der Waals surface area contributed by atoms with E-state index in [1.54, 1.807) is 18.2 Å². The quantitative estimate of drug-likeness (QED) is 0.812. The van der Waals surface area contributed by atoms with Crippen molar-refractivity contribution in [2.45, 2.75) is 45.6 Å². The van der Waals surface area contributed by atoms with Crippen LogP contribution in [-0.4, -0.2) is 33.8 Å². The SMILES string of the molecule is CC(C)(C)C1CC(c2cc(Cl)ccc2O)CCN1C(=O)O. The number of aromatic hydroxyl groups is 1. The van der Waals surface area contributed by atoms with Crippen LogP contribution < -0.4 is 0 Å². The lowest BCUT2D eigenvalue weighted by atomic mass is 9.75. The minimum absolute atomic E-state index is 0.0767. The van der Waals surface area contributed by atoms with E-state index in [-0.39, 0.29) is 23.1 Å². The summed E-state index contributed by atoms with van der Waals surface area (Å²) >= 11 is 6.03. The molecule has 2 unspecified atom stereocenters. The van der Waals surface area contributed by atoms with Gasteiger partial charge >= 0.3 is 6.09 Å². The number of hydrogen-bond acceptors (Lipinski definition) is 2. The molecule has 1 heterocycles. The van der Waals surface area contributed by atoms with Crippen LogP contribution in [0.5, 0.6) is 5.75 Å². The van der Waals surface area contributed by atoms with E-state index in [1.807, 2.05) is 20.8 Å². The first-order chi connectivity index (χ1) is 9.70. The summed E-state index contributed by atoms with van der Waals surface area (Å²) in [5.74, 6) is 0.365. The van der Waals surface area contributed by atoms with Crippen LogP contribution in [0.2, 0.25) is 5.02 Å². The number of phenolic OH excluding ortho intramolecular Hbond substituents is 1. The minimum Gasteiger partial charge on any atom is -0.508 e. The monoisotopic (exact) mass is 311 g/mol. The summed E-state index contributed by atoms with van der Waals surface area (Å²) in [6, 6.07) is 4.98. The molecule has 1 amide bonds. The molecule has 1 aliphatic heterocycles. The maximum absolute atomic E-state index is 11.4. The van der Waals surface area contributed by atoms with Crippen molar-refractivity contribution < 1.29 is 15.0 Å². The Kier molecular flexibility index (Phi) is 4.38. The van der Waals surface area contributed by atoms with Crippen molar-refractivity contribution in [1.82, 2.24) is 4.90 Å². The van der Waals surface area contributed by atoms with Gasteiger partial charge in [0.15, 0.2) is 0 Å². The van der Waals surface area contributed by atoms with Gasteiger partial charge in [-0.25, -0.2) is 4.79 Å². The second-order valence-corrected chi connectivity index (χ2v) is 7.22. The molecule has 1 aromatic rings. The van der Waals surface area contributed by atoms with Crippen LogP contribution in [0.4, 0.5) is 4.79 Å². The number of nitrogens with zero attached hydrogens (tertiary/aromatic N) is 1. The molecule has 2 atom stereocenters. The molecule has 1 saturated heterocycles. The fourth-order valence-corrected chi connectivity index (χ4v) is 3.33. The largest absolute Gasteiger partial charge is 0.508 e. The molecule has 0 aromatic heterocycles. The van der Waals surface area contributed by atoms with Crippen LogP contribution in [0.3, 0.4) is 0 Å². The molecule has 1 aliphatic rings. The number of hydrogen-bond donors (Lipinski definition) is 2. The van der Waals surface area contributed by atoms with Crippen LogP contribution >= 0.6 is 11.6 Å². The highest BCUT2D eigenvalue weighted by molar-refractivity contribution is 6.30. The summed E-state index contributed by atoms with van der Waals surface area (Å²) in [6.45, 7) is 6.63. The molecule has 0 aliphatic carbocycles. The van der Waals surface area contributed by atoms with E-state index in [0.29, 0.717) is 24.4 Å². The molecule has 0 spiro atoms. The normalized spacial score (nSPS) is 23.1. The molecule has 2 N–H and O–H groups in total. The number of amides is 1. The van der Waals surface area contributed by atoms with Crippen molar-refractivity contribution in [3.63, 3.8) is 0 Å². The first-order valence-electron chi connectivity index (χ1n) is 7.18. The molecule has 2 rings (SSSR count). The summed E-state index contributed by atoms with van der Waals surface area (Å²) < 4.78 is 0. The Morgan fingerprint density at radius 3 is 2.62 bits per heavy atom. The van der Waals surface area contributed by atoms with Crippen molar-refractivity contribution in [2.75, 3.05) is 6.54 Å². The third-order valence-corrected chi connectivity index (χ3v) is 4.51. The number of halogens is 1. The van der Waals surface area contributed by atoms with Crippen molar-refractivity contribution in [1.29, 1.82) is 0 Å². The Balaban J connectivity index is 2.29. The smallest absolute Gasteiger partial charge is 0.407 e. The Morgan fingerprint density at radius 1 is 1.38 bits per heavy atom. The van der Waals surface area contributed by atoms with Crippen molar-refractivity contribution in [3.05, 3.63) is 28.8 Å². The highest BCUT2D eigenvalue weighted by Gasteiger charge is 2.39. The van der Waals surface area contributed by atoms with E-state index in [0.717, 1.165) is 5.56 Å². The number of rotatable bonds is 1. The third-order valence-electron chi connectivity index (χ3n) is 4.28. The Labute approximate surface area is 130 Å². The number of likely N-dealkylation sites (tertiary alicyclic amines) is 1. The van der Waals surface area contributed by atoms with Gasteiger partial charge in [-0.1, -0.05) is 32.4 Å². The van der Waals surface area contributed by atoms with Crippen LogP contribution in [0, 0.1) is 5.41 Å². The summed E-state index contributed by atoms with van der Waals surface area (Å²) in [7, 11) is 0. The first kappa shape index (κ1) is 16.0. The Morgan fingerprint density at radius 2 is 2.05 bits per heavy atom. The number of carbonyl (C=O) groups is 1. The first-order valence-corrected chi connectivity index (χ1v) is 7.56. The van der Waals surface area contributed by atoms with E-state index in [9.17, 15) is 15.0 Å². The van der Waals surface area contributed by atoms with E-state index < -0.39 is 6.09 Å². The highest BCUT2D eigenvalue weighted by Crippen LogP contribution is 2.42. The van der Waals surface area contributed by atoms with Crippen LogP contribution in [0.15, 0.2) is 18.2 Å². The van der Waals surface area contributed by atoms with Gasteiger partial charge in [-0.05, 0) is 47.9 Å². The molecule has 4 nitrogen and oxygen atoms in total. The second-order valence-electron chi connectivity index (χ2n) is 6.78. The van der Waals surface area contributed by atoms with E-state index in [2.05, 4.69) is 0 Å². The molecule has 5 heteroatoms. The maximum atomic E-state index is 11.4. The van der Waals surface area contributed by atoms with Crippen LogP contribution in [0.1, 0.15) is 45.1 Å². The van der Waals surface area contributed by atoms with Gasteiger partial charge < -0.3 is 15.1 Å². The highest BCUT2D eigenvalue weighted by atomic mass is 35.5. The number of piperidine rings is 1. The van der Waals surface area contributed by atoms with E-state index >= 15 is 0 Å². The van der Waals surface area contributed by atoms with Gasteiger partial charge in [0.1, 0.15) is 5.75 Å². The molecule has 1 fully saturated rings. The second kappa shape index (κ2) is 5.76. The Bertz CT molecular complexity index is 539. The summed E-state index contributed by atoms with van der Waals surface area (Å²) in [6.07, 6.45) is 0.528. The lowest BCUT2D eigenvalue weighted by Crippen LogP contribution is -2.51. The predicted molar refractivity (Wildman–Crippen MR) is 83.1 cm³/mol. The zero-order valence-electron chi connectivity index (χ0n) is 12.6. The standard InChI is InChI=1S/C16H22ClNO3/c1-16(2,3)14-8-10(6-7-18(14)15(20)21)12-9-11(17)4-5-13(12)19/h4-5,9-10,14,19H,6-8H2,1-3H3,(H,20,21). The van der Waals surface area contributed by atoms with Crippen molar-refractivity contribution >= 4 is 17.7 Å². The summed E-state index contributed by atoms with van der Waals surface area (Å²) in [5, 5.41) is 20.0. The van der Waals surface area contributed by atoms with E-state index in [4.69, 9.17) is 11.6 Å². The lowest BCUT2D eigenvalue weighted by Gasteiger charge is -2.44. The van der Waals surface area contributed by atoms with Gasteiger partial charge in [0, 0.05) is 17.6 Å². The van der Waals surface area contributed by atoms with Crippen molar-refractivity contribution in [3.8, 4) is 5.75 Å². The third kappa shape index (κ3) is 3.43. The molecule has 0 bridgehead atoms. The zero-order chi connectivity index (χ0) is 15.8. The lowest BCUT2D eigenvalue weighted by molar-refractivity contribution is 0.0523. The molecule has 116 valence electrons. The Hall–Kier alpha value is -1.42. The predicted octanol–water partition coefficient (Wildman–Crippen LogP) is 4.32. The average Bonchev–Trinajstić information content (AvgIpc) is 2.40. The van der Waals surface area contributed by atoms with Crippen LogP contribution in [-0.2, 0) is 0 Å². The minimum atomic E-state index is -0.872. The van der Waals surface area contributed by atoms with Gasteiger partial charge in [-0.15, -0.1) is 0 Å². The molecule has 21 heavy (non-hydrogen) atoms. The fraction of sp³-hybridized carbons (Fsp3) is 0.562. The molecule has 0 radical (unpaired) electrons. The summed E-state index contributed by atoms with van der Waals surface area (Å²) in [4.78, 5) is 13.0. The number of carboxylic acid groups (broad SMARTS) is 1. The number of benzene rings is 1. The van der Waals surface area contributed by atoms with Crippen LogP contribution in [0.25, 0.3) is 0 Å². The van der Waals surface area contributed by atoms with Gasteiger partial charge in [0.25, 0.3) is 0 Å². The van der Waals surface area contributed by atoms with Gasteiger partial charge in [-0.3, -0.25) is 0 Å². The summed E-state index contributed by atoms with van der Waals surface area (Å²) in [5.41, 5.74) is 0.674. The molecular weight excluding hydrogens is 290 g/mol. The topological polar surface area (TPSA) is 60.8 Å². The molecular formula is C16H22ClNO3. The molecule has 0 saturated carbocycles. The molecule has 1 aromatic carbocycles. The fourth-order valence-electron chi connectivity index (χ4n) is 3.15. The number of phenols is 1. The van der Waals surface area contributed by atoms with Crippen molar-refractivity contribution in [2.24, 2.45) is 5.41 Å². The average molecular weight is 312 g/mol. The zero-order valence-corrected chi connectivity index (χ0v) is 13.4.